The summed E-state index contributed by atoms with van der Waals surface area (Å²) >= 11 is 1.81. The first-order valence-corrected chi connectivity index (χ1v) is 8.14. The first kappa shape index (κ1) is 14.4. The molecule has 0 saturated carbocycles. The average molecular weight is 304 g/mol. The Kier molecular flexibility index (Phi) is 3.48. The molecule has 2 amide bonds. The van der Waals surface area contributed by atoms with Crippen LogP contribution in [0, 0.1) is 0 Å². The number of fused-ring (bicyclic) bond motifs is 1. The number of thioether (sulfide) groups is 1. The Balaban J connectivity index is 1.75. The van der Waals surface area contributed by atoms with Crippen LogP contribution in [0.25, 0.3) is 0 Å². The maximum atomic E-state index is 12.6. The van der Waals surface area contributed by atoms with Crippen LogP contribution in [0.5, 0.6) is 0 Å². The minimum absolute atomic E-state index is 0.00570. The summed E-state index contributed by atoms with van der Waals surface area (Å²) in [6, 6.07) is 7.96. The van der Waals surface area contributed by atoms with Gasteiger partial charge in [0.15, 0.2) is 0 Å². The molecule has 2 unspecified atom stereocenters. The van der Waals surface area contributed by atoms with Crippen molar-refractivity contribution >= 4 is 23.6 Å². The first-order chi connectivity index (χ1) is 9.88. The molecule has 0 spiro atoms. The maximum absolute atomic E-state index is 12.6. The molecule has 1 aromatic rings. The summed E-state index contributed by atoms with van der Waals surface area (Å²) in [6.07, 6.45) is 0.958. The second kappa shape index (κ2) is 5.05. The molecule has 0 bridgehead atoms. The van der Waals surface area contributed by atoms with E-state index in [2.05, 4.69) is 17.4 Å². The van der Waals surface area contributed by atoms with Crippen molar-refractivity contribution in [1.82, 2.24) is 10.2 Å². The molecular weight excluding hydrogens is 284 g/mol. The van der Waals surface area contributed by atoms with E-state index >= 15 is 0 Å². The summed E-state index contributed by atoms with van der Waals surface area (Å²) in [5.74, 6) is -0.0636. The number of piperazine rings is 1. The van der Waals surface area contributed by atoms with Gasteiger partial charge >= 0.3 is 0 Å². The van der Waals surface area contributed by atoms with Gasteiger partial charge in [-0.05, 0) is 38.8 Å². The van der Waals surface area contributed by atoms with E-state index in [4.69, 9.17) is 0 Å². The van der Waals surface area contributed by atoms with E-state index in [0.29, 0.717) is 11.8 Å². The van der Waals surface area contributed by atoms with Crippen molar-refractivity contribution in [2.75, 3.05) is 6.54 Å². The van der Waals surface area contributed by atoms with Crippen molar-refractivity contribution in [2.24, 2.45) is 0 Å². The minimum atomic E-state index is -0.806. The van der Waals surface area contributed by atoms with E-state index in [-0.39, 0.29) is 11.8 Å². The number of rotatable bonds is 2. The third-order valence-electron chi connectivity index (χ3n) is 4.19. The van der Waals surface area contributed by atoms with Gasteiger partial charge in [0.1, 0.15) is 11.6 Å². The molecule has 2 aliphatic rings. The number of nitrogens with one attached hydrogen (secondary N) is 1. The van der Waals surface area contributed by atoms with Crippen LogP contribution in [0.3, 0.4) is 0 Å². The zero-order chi connectivity index (χ0) is 15.2. The Morgan fingerprint density at radius 1 is 1.33 bits per heavy atom. The quantitative estimate of drug-likeness (QED) is 0.907. The second-order valence-corrected chi connectivity index (χ2v) is 7.64. The molecule has 3 rings (SSSR count). The first-order valence-electron chi connectivity index (χ1n) is 7.26. The van der Waals surface area contributed by atoms with Gasteiger partial charge in [-0.15, -0.1) is 11.8 Å². The lowest BCUT2D eigenvalue weighted by atomic mass is 9.97. The number of hydrogen-bond donors (Lipinski definition) is 1. The fourth-order valence-electron chi connectivity index (χ4n) is 2.96. The molecule has 0 aliphatic carbocycles. The van der Waals surface area contributed by atoms with Gasteiger partial charge in [-0.2, -0.15) is 0 Å². The highest BCUT2D eigenvalue weighted by Gasteiger charge is 2.44. The topological polar surface area (TPSA) is 49.4 Å². The Hall–Kier alpha value is -1.49. The molecule has 1 N–H and O–H groups in total. The van der Waals surface area contributed by atoms with E-state index in [1.807, 2.05) is 23.9 Å². The number of carbonyl (C=O) groups excluding carboxylic acids is 2. The van der Waals surface area contributed by atoms with Crippen molar-refractivity contribution in [3.05, 3.63) is 29.8 Å². The highest BCUT2D eigenvalue weighted by molar-refractivity contribution is 8.00. The lowest BCUT2D eigenvalue weighted by molar-refractivity contribution is -0.152. The maximum Gasteiger partial charge on any atom is 0.248 e. The average Bonchev–Trinajstić information content (AvgIpc) is 2.83. The molecule has 5 heteroatoms. The molecule has 0 radical (unpaired) electrons. The molecule has 1 saturated heterocycles. The normalized spacial score (nSPS) is 27.5. The van der Waals surface area contributed by atoms with Crippen molar-refractivity contribution < 1.29 is 9.59 Å². The van der Waals surface area contributed by atoms with Gasteiger partial charge < -0.3 is 10.2 Å². The minimum Gasteiger partial charge on any atom is -0.340 e. The molecule has 21 heavy (non-hydrogen) atoms. The Morgan fingerprint density at radius 3 is 2.76 bits per heavy atom. The summed E-state index contributed by atoms with van der Waals surface area (Å²) in [5.41, 5.74) is 0.535. The summed E-state index contributed by atoms with van der Waals surface area (Å²) < 4.78 is 0. The molecule has 1 aromatic carbocycles. The standard InChI is InChI=1S/C16H20N2O2S/c1-10-14(19)17-16(2,3)15(20)18(10)9-12-8-11-6-4-5-7-13(11)21-12/h4-7,10,12H,8-9H2,1-3H3,(H,17,19). The third-order valence-corrected chi connectivity index (χ3v) is 5.49. The molecule has 2 heterocycles. The number of nitrogens with zero attached hydrogens (tertiary/aromatic N) is 1. The second-order valence-electron chi connectivity index (χ2n) is 6.30. The Morgan fingerprint density at radius 2 is 2.05 bits per heavy atom. The molecule has 0 aromatic heterocycles. The van der Waals surface area contributed by atoms with Crippen molar-refractivity contribution in [3.63, 3.8) is 0 Å². The van der Waals surface area contributed by atoms with Crippen LogP contribution in [-0.4, -0.2) is 40.1 Å². The number of benzene rings is 1. The van der Waals surface area contributed by atoms with Crippen molar-refractivity contribution in [1.29, 1.82) is 0 Å². The highest BCUT2D eigenvalue weighted by atomic mass is 32.2. The van der Waals surface area contributed by atoms with Gasteiger partial charge in [-0.3, -0.25) is 9.59 Å². The van der Waals surface area contributed by atoms with Gasteiger partial charge in [-0.25, -0.2) is 0 Å². The van der Waals surface area contributed by atoms with E-state index in [1.54, 1.807) is 25.7 Å². The lowest BCUT2D eigenvalue weighted by Gasteiger charge is -2.42. The van der Waals surface area contributed by atoms with Gasteiger partial charge in [0, 0.05) is 16.7 Å². The predicted octanol–water partition coefficient (Wildman–Crippen LogP) is 1.83. The Labute approximate surface area is 129 Å². The molecule has 2 atom stereocenters. The number of carbonyl (C=O) groups is 2. The highest BCUT2D eigenvalue weighted by Crippen LogP contribution is 2.37. The van der Waals surface area contributed by atoms with Gasteiger partial charge in [0.25, 0.3) is 0 Å². The number of hydrogen-bond acceptors (Lipinski definition) is 3. The fourth-order valence-corrected chi connectivity index (χ4v) is 4.28. The van der Waals surface area contributed by atoms with Crippen LogP contribution in [0.2, 0.25) is 0 Å². The smallest absolute Gasteiger partial charge is 0.248 e. The van der Waals surface area contributed by atoms with Crippen LogP contribution >= 0.6 is 11.8 Å². The molecule has 112 valence electrons. The van der Waals surface area contributed by atoms with Crippen LogP contribution in [0.4, 0.5) is 0 Å². The summed E-state index contributed by atoms with van der Waals surface area (Å²) in [5, 5.41) is 3.12. The SMILES string of the molecule is CC1C(=O)NC(C)(C)C(=O)N1CC1Cc2ccccc2S1. The predicted molar refractivity (Wildman–Crippen MR) is 83.2 cm³/mol. The summed E-state index contributed by atoms with van der Waals surface area (Å²) in [4.78, 5) is 27.6. The molecule has 1 fully saturated rings. The molecular formula is C16H20N2O2S. The van der Waals surface area contributed by atoms with Gasteiger partial charge in [-0.1, -0.05) is 18.2 Å². The molecule has 4 nitrogen and oxygen atoms in total. The number of amides is 2. The largest absolute Gasteiger partial charge is 0.340 e. The van der Waals surface area contributed by atoms with Crippen LogP contribution in [-0.2, 0) is 16.0 Å². The monoisotopic (exact) mass is 304 g/mol. The summed E-state index contributed by atoms with van der Waals surface area (Å²) in [6.45, 7) is 5.96. The van der Waals surface area contributed by atoms with Gasteiger partial charge in [0.05, 0.1) is 0 Å². The van der Waals surface area contributed by atoms with Crippen LogP contribution in [0.1, 0.15) is 26.3 Å². The van der Waals surface area contributed by atoms with E-state index < -0.39 is 11.6 Å². The lowest BCUT2D eigenvalue weighted by Crippen LogP contribution is -2.68. The fraction of sp³-hybridized carbons (Fsp3) is 0.500. The third kappa shape index (κ3) is 2.55. The van der Waals surface area contributed by atoms with E-state index in [1.165, 1.54) is 10.5 Å². The Bertz CT molecular complexity index is 575. The van der Waals surface area contributed by atoms with E-state index in [0.717, 1.165) is 6.42 Å². The van der Waals surface area contributed by atoms with Gasteiger partial charge in [0.2, 0.25) is 11.8 Å². The van der Waals surface area contributed by atoms with Crippen LogP contribution < -0.4 is 5.32 Å². The summed E-state index contributed by atoms with van der Waals surface area (Å²) in [7, 11) is 0. The molecule has 2 aliphatic heterocycles. The van der Waals surface area contributed by atoms with Crippen molar-refractivity contribution in [3.8, 4) is 0 Å². The zero-order valence-electron chi connectivity index (χ0n) is 12.6. The van der Waals surface area contributed by atoms with Crippen LogP contribution in [0.15, 0.2) is 29.2 Å². The van der Waals surface area contributed by atoms with Crippen molar-refractivity contribution in [2.45, 2.75) is 48.9 Å². The zero-order valence-corrected chi connectivity index (χ0v) is 13.4. The van der Waals surface area contributed by atoms with E-state index in [9.17, 15) is 9.59 Å².